The predicted molar refractivity (Wildman–Crippen MR) is 116 cm³/mol. The van der Waals surface area contributed by atoms with E-state index in [1.807, 2.05) is 26.8 Å². The number of ether oxygens (including phenoxy) is 1. The minimum Gasteiger partial charge on any atom is -0.458 e. The first-order valence-corrected chi connectivity index (χ1v) is 11.5. The number of carbonyl (C=O) groups is 3. The highest BCUT2D eigenvalue weighted by atomic mass is 79.9. The van der Waals surface area contributed by atoms with Gasteiger partial charge in [0.2, 0.25) is 5.78 Å². The molecule has 4 aliphatic rings. The molecule has 7 atom stereocenters. The van der Waals surface area contributed by atoms with Gasteiger partial charge in [-0.05, 0) is 71.5 Å². The van der Waals surface area contributed by atoms with Crippen LogP contribution in [0.1, 0.15) is 47.0 Å². The lowest BCUT2D eigenvalue weighted by Crippen LogP contribution is -2.58. The molecule has 7 heteroatoms. The number of hydrogen-bond acceptors (Lipinski definition) is 5. The van der Waals surface area contributed by atoms with Crippen molar-refractivity contribution in [3.63, 3.8) is 0 Å². The van der Waals surface area contributed by atoms with E-state index in [4.69, 9.17) is 4.74 Å². The first-order valence-electron chi connectivity index (χ1n) is 10.7. The van der Waals surface area contributed by atoms with Crippen molar-refractivity contribution in [3.05, 3.63) is 33.9 Å². The van der Waals surface area contributed by atoms with Crippen molar-refractivity contribution in [2.45, 2.75) is 58.7 Å². The molecule has 0 aliphatic heterocycles. The minimum atomic E-state index is -1.66. The highest BCUT2D eigenvalue weighted by Gasteiger charge is 2.67. The Hall–Kier alpha value is -1.60. The van der Waals surface area contributed by atoms with E-state index in [1.54, 1.807) is 6.08 Å². The number of halogens is 2. The molecule has 2 saturated carbocycles. The van der Waals surface area contributed by atoms with Gasteiger partial charge in [0.25, 0.3) is 0 Å². The Morgan fingerprint density at radius 2 is 1.97 bits per heavy atom. The fourth-order valence-corrected chi connectivity index (χ4v) is 7.38. The Bertz CT molecular complexity index is 967. The van der Waals surface area contributed by atoms with Gasteiger partial charge in [-0.1, -0.05) is 31.6 Å². The van der Waals surface area contributed by atoms with Crippen LogP contribution in [0.15, 0.2) is 33.9 Å². The molecule has 0 radical (unpaired) electrons. The number of esters is 1. The van der Waals surface area contributed by atoms with E-state index in [1.165, 1.54) is 13.0 Å². The number of aliphatic hydroxyl groups is 1. The standard InChI is InChI=1S/C24H28BrFO5/c1-12-7-16-14-8-19(26)17-9-20(28)18(25)10-22(17,3)15(14)5-6-23(16,4)24(12,30)21(29)11-31-13(2)27/h5,9-10,12,14,16,19,30H,6-8,11H2,1-4H3. The average Bonchev–Trinajstić information content (AvgIpc) is 2.90. The molecule has 0 amide bonds. The number of alkyl halides is 1. The lowest BCUT2D eigenvalue weighted by Gasteiger charge is -2.54. The van der Waals surface area contributed by atoms with Crippen LogP contribution in [0.2, 0.25) is 0 Å². The van der Waals surface area contributed by atoms with Crippen LogP contribution in [0.25, 0.3) is 0 Å². The van der Waals surface area contributed by atoms with Crippen molar-refractivity contribution < 1.29 is 28.6 Å². The van der Waals surface area contributed by atoms with Crippen molar-refractivity contribution >= 4 is 33.5 Å². The normalized spacial score (nSPS) is 43.7. The van der Waals surface area contributed by atoms with Crippen molar-refractivity contribution in [3.8, 4) is 0 Å². The molecule has 1 N–H and O–H groups in total. The molecule has 2 fully saturated rings. The summed E-state index contributed by atoms with van der Waals surface area (Å²) < 4.78 is 20.7. The van der Waals surface area contributed by atoms with Gasteiger partial charge in [-0.3, -0.25) is 14.4 Å². The average molecular weight is 495 g/mol. The molecular weight excluding hydrogens is 467 g/mol. The molecule has 5 nitrogen and oxygen atoms in total. The highest BCUT2D eigenvalue weighted by molar-refractivity contribution is 9.12. The van der Waals surface area contributed by atoms with E-state index in [-0.39, 0.29) is 30.0 Å². The van der Waals surface area contributed by atoms with Gasteiger partial charge in [0.15, 0.2) is 12.4 Å². The lowest BCUT2D eigenvalue weighted by molar-refractivity contribution is -0.167. The number of carbonyl (C=O) groups excluding carboxylic acids is 3. The number of ketones is 2. The third-order valence-electron chi connectivity index (χ3n) is 8.41. The zero-order chi connectivity index (χ0) is 22.9. The largest absolute Gasteiger partial charge is 0.458 e. The molecule has 4 aliphatic carbocycles. The van der Waals surface area contributed by atoms with Crippen LogP contribution in [-0.2, 0) is 19.1 Å². The van der Waals surface area contributed by atoms with Crippen LogP contribution in [-0.4, -0.2) is 41.0 Å². The van der Waals surface area contributed by atoms with Crippen molar-refractivity contribution in [1.29, 1.82) is 0 Å². The van der Waals surface area contributed by atoms with Crippen LogP contribution < -0.4 is 0 Å². The Morgan fingerprint density at radius 3 is 2.61 bits per heavy atom. The zero-order valence-corrected chi connectivity index (χ0v) is 19.8. The van der Waals surface area contributed by atoms with E-state index in [2.05, 4.69) is 15.9 Å². The first-order chi connectivity index (χ1) is 14.4. The van der Waals surface area contributed by atoms with E-state index >= 15 is 4.39 Å². The maximum Gasteiger partial charge on any atom is 0.303 e. The molecule has 0 bridgehead atoms. The number of allylic oxidation sites excluding steroid dienone is 6. The summed E-state index contributed by atoms with van der Waals surface area (Å²) in [5.41, 5.74) is -1.61. The van der Waals surface area contributed by atoms with Crippen molar-refractivity contribution in [2.75, 3.05) is 6.61 Å². The summed E-state index contributed by atoms with van der Waals surface area (Å²) in [7, 11) is 0. The molecule has 4 rings (SSSR count). The van der Waals surface area contributed by atoms with Crippen LogP contribution >= 0.6 is 15.9 Å². The molecule has 0 spiro atoms. The smallest absolute Gasteiger partial charge is 0.303 e. The van der Waals surface area contributed by atoms with Gasteiger partial charge in [0, 0.05) is 17.8 Å². The van der Waals surface area contributed by atoms with Crippen LogP contribution in [0.4, 0.5) is 4.39 Å². The van der Waals surface area contributed by atoms with E-state index in [0.717, 1.165) is 5.57 Å². The number of fused-ring (bicyclic) bond motifs is 5. The van der Waals surface area contributed by atoms with Crippen molar-refractivity contribution in [1.82, 2.24) is 0 Å². The topological polar surface area (TPSA) is 80.7 Å². The van der Waals surface area contributed by atoms with Gasteiger partial charge in [-0.25, -0.2) is 4.39 Å². The van der Waals surface area contributed by atoms with E-state index in [0.29, 0.717) is 22.9 Å². The predicted octanol–water partition coefficient (Wildman–Crippen LogP) is 3.99. The maximum atomic E-state index is 15.4. The Balaban J connectivity index is 1.76. The monoisotopic (exact) mass is 494 g/mol. The van der Waals surface area contributed by atoms with Gasteiger partial charge >= 0.3 is 5.97 Å². The highest BCUT2D eigenvalue weighted by Crippen LogP contribution is 2.66. The van der Waals surface area contributed by atoms with Gasteiger partial charge in [-0.15, -0.1) is 0 Å². The molecule has 31 heavy (non-hydrogen) atoms. The summed E-state index contributed by atoms with van der Waals surface area (Å²) in [6, 6.07) is 0. The van der Waals surface area contributed by atoms with Crippen LogP contribution in [0.3, 0.4) is 0 Å². The summed E-state index contributed by atoms with van der Waals surface area (Å²) in [4.78, 5) is 36.4. The molecule has 0 saturated heterocycles. The minimum absolute atomic E-state index is 0.102. The molecule has 0 aromatic rings. The lowest BCUT2D eigenvalue weighted by atomic mass is 9.51. The summed E-state index contributed by atoms with van der Waals surface area (Å²) in [5.74, 6) is -1.90. The van der Waals surface area contributed by atoms with E-state index in [9.17, 15) is 19.5 Å². The third kappa shape index (κ3) is 2.99. The Morgan fingerprint density at radius 1 is 1.29 bits per heavy atom. The van der Waals surface area contributed by atoms with Gasteiger partial charge in [0.05, 0.1) is 4.48 Å². The van der Waals surface area contributed by atoms with Gasteiger partial charge in [0.1, 0.15) is 11.8 Å². The second-order valence-electron chi connectivity index (χ2n) is 9.96. The quantitative estimate of drug-likeness (QED) is 0.473. The second-order valence-corrected chi connectivity index (χ2v) is 10.8. The molecule has 7 unspecified atom stereocenters. The van der Waals surface area contributed by atoms with Crippen LogP contribution in [0, 0.1) is 28.6 Å². The first kappa shape index (κ1) is 22.6. The number of rotatable bonds is 3. The van der Waals surface area contributed by atoms with Crippen LogP contribution in [0.5, 0.6) is 0 Å². The molecular formula is C24H28BrFO5. The molecule has 0 aromatic carbocycles. The van der Waals surface area contributed by atoms with E-state index < -0.39 is 41.0 Å². The summed E-state index contributed by atoms with van der Waals surface area (Å²) in [6.07, 6.45) is 5.24. The summed E-state index contributed by atoms with van der Waals surface area (Å²) in [5, 5.41) is 11.7. The summed E-state index contributed by atoms with van der Waals surface area (Å²) >= 11 is 3.32. The Labute approximate surface area is 189 Å². The summed E-state index contributed by atoms with van der Waals surface area (Å²) in [6.45, 7) is 6.44. The second kappa shape index (κ2) is 7.20. The molecule has 0 heterocycles. The fraction of sp³-hybridized carbons (Fsp3) is 0.625. The van der Waals surface area contributed by atoms with Crippen molar-refractivity contribution in [2.24, 2.45) is 28.6 Å². The maximum absolute atomic E-state index is 15.4. The zero-order valence-electron chi connectivity index (χ0n) is 18.2. The molecule has 0 aromatic heterocycles. The third-order valence-corrected chi connectivity index (χ3v) is 9.03. The Kier molecular flexibility index (Phi) is 5.25. The fourth-order valence-electron chi connectivity index (χ4n) is 6.81. The number of hydrogen-bond donors (Lipinski definition) is 1. The van der Waals surface area contributed by atoms with Gasteiger partial charge in [-0.2, -0.15) is 0 Å². The molecule has 168 valence electrons. The number of Topliss-reactive ketones (excluding diaryl/α,β-unsaturated/α-hetero) is 1. The SMILES string of the molecule is CC(=O)OCC(=O)C1(O)C(C)CC2C3CC(F)C4=CC(=O)C(Br)=CC4(C)C3=CCC21C. The van der Waals surface area contributed by atoms with Gasteiger partial charge < -0.3 is 9.84 Å².